The summed E-state index contributed by atoms with van der Waals surface area (Å²) >= 11 is 6.15. The lowest BCUT2D eigenvalue weighted by Crippen LogP contribution is -2.32. The van der Waals surface area contributed by atoms with Crippen LogP contribution < -0.4 is 19.7 Å². The van der Waals surface area contributed by atoms with Crippen molar-refractivity contribution in [3.8, 4) is 5.75 Å². The van der Waals surface area contributed by atoms with E-state index in [-0.39, 0.29) is 42.3 Å². The first-order valence-electron chi connectivity index (χ1n) is 11.3. The highest BCUT2D eigenvalue weighted by Crippen LogP contribution is 2.30. The molecule has 0 spiro atoms. The molecule has 2 aromatic rings. The highest BCUT2D eigenvalue weighted by Gasteiger charge is 2.20. The normalized spacial score (nSPS) is 15.5. The van der Waals surface area contributed by atoms with Gasteiger partial charge in [-0.15, -0.1) is 0 Å². The summed E-state index contributed by atoms with van der Waals surface area (Å²) in [6.45, 7) is 1.20. The van der Waals surface area contributed by atoms with Gasteiger partial charge in [0.25, 0.3) is 5.91 Å². The maximum atomic E-state index is 12.6. The summed E-state index contributed by atoms with van der Waals surface area (Å²) < 4.78 is 36.5. The van der Waals surface area contributed by atoms with Crippen molar-refractivity contribution in [1.82, 2.24) is 5.32 Å². The highest BCUT2D eigenvalue weighted by molar-refractivity contribution is 7.92. The largest absolute Gasteiger partial charge is 0.495 e. The van der Waals surface area contributed by atoms with E-state index < -0.39 is 10.0 Å². The maximum absolute atomic E-state index is 12.6. The Morgan fingerprint density at radius 1 is 1.23 bits per heavy atom. The molecule has 190 valence electrons. The summed E-state index contributed by atoms with van der Waals surface area (Å²) in [5, 5.41) is 5.89. The smallest absolute Gasteiger partial charge is 0.253 e. The molecule has 1 heterocycles. The van der Waals surface area contributed by atoms with Gasteiger partial charge in [0.1, 0.15) is 5.75 Å². The third-order valence-electron chi connectivity index (χ3n) is 5.55. The number of anilines is 2. The molecule has 0 unspecified atom stereocenters. The van der Waals surface area contributed by atoms with Crippen molar-refractivity contribution < 1.29 is 27.5 Å². The third kappa shape index (κ3) is 7.58. The Morgan fingerprint density at radius 3 is 2.66 bits per heavy atom. The van der Waals surface area contributed by atoms with E-state index >= 15 is 0 Å². The lowest BCUT2D eigenvalue weighted by molar-refractivity contribution is -0.116. The molecule has 2 amide bonds. The SMILES string of the molecule is COc1ccc(N(CCCC(=O)Nc2ccccc2C(=O)NC[C@@H]2CCCO2)S(C)(=O)=O)cc1Cl. The third-order valence-corrected chi connectivity index (χ3v) is 7.04. The number of nitrogens with one attached hydrogen (secondary N) is 2. The minimum atomic E-state index is -3.60. The maximum Gasteiger partial charge on any atom is 0.253 e. The molecule has 9 nitrogen and oxygen atoms in total. The van der Waals surface area contributed by atoms with E-state index in [2.05, 4.69) is 10.6 Å². The van der Waals surface area contributed by atoms with Gasteiger partial charge in [-0.2, -0.15) is 0 Å². The van der Waals surface area contributed by atoms with Crippen molar-refractivity contribution in [2.24, 2.45) is 0 Å². The topological polar surface area (TPSA) is 114 Å². The van der Waals surface area contributed by atoms with E-state index in [1.54, 1.807) is 36.4 Å². The lowest BCUT2D eigenvalue weighted by atomic mass is 10.1. The summed E-state index contributed by atoms with van der Waals surface area (Å²) in [6, 6.07) is 11.4. The van der Waals surface area contributed by atoms with Gasteiger partial charge in [0.05, 0.1) is 41.4 Å². The van der Waals surface area contributed by atoms with Gasteiger partial charge in [-0.3, -0.25) is 13.9 Å². The van der Waals surface area contributed by atoms with Crippen molar-refractivity contribution in [1.29, 1.82) is 0 Å². The molecule has 0 radical (unpaired) electrons. The summed E-state index contributed by atoms with van der Waals surface area (Å²) in [5.41, 5.74) is 1.13. The predicted molar refractivity (Wildman–Crippen MR) is 136 cm³/mol. The Labute approximate surface area is 210 Å². The van der Waals surface area contributed by atoms with Crippen LogP contribution in [0.2, 0.25) is 5.02 Å². The van der Waals surface area contributed by atoms with Gasteiger partial charge in [0, 0.05) is 26.1 Å². The Kier molecular flexibility index (Phi) is 9.36. The van der Waals surface area contributed by atoms with Crippen LogP contribution in [0.15, 0.2) is 42.5 Å². The number of halogens is 1. The van der Waals surface area contributed by atoms with Crippen LogP contribution in [0.1, 0.15) is 36.0 Å². The number of ether oxygens (including phenoxy) is 2. The first kappa shape index (κ1) is 26.8. The van der Waals surface area contributed by atoms with Crippen LogP contribution in [0.4, 0.5) is 11.4 Å². The fourth-order valence-corrected chi connectivity index (χ4v) is 5.00. The number of para-hydroxylation sites is 1. The molecule has 0 saturated carbocycles. The zero-order valence-corrected chi connectivity index (χ0v) is 21.3. The van der Waals surface area contributed by atoms with Crippen LogP contribution in [0.3, 0.4) is 0 Å². The molecular formula is C24H30ClN3O6S. The lowest BCUT2D eigenvalue weighted by Gasteiger charge is -2.23. The van der Waals surface area contributed by atoms with E-state index in [1.165, 1.54) is 17.5 Å². The van der Waals surface area contributed by atoms with E-state index in [0.29, 0.717) is 35.8 Å². The molecule has 1 aliphatic heterocycles. The number of methoxy groups -OCH3 is 1. The van der Waals surface area contributed by atoms with Crippen LogP contribution in [0, 0.1) is 0 Å². The van der Waals surface area contributed by atoms with Gasteiger partial charge >= 0.3 is 0 Å². The van der Waals surface area contributed by atoms with Gasteiger partial charge in [-0.05, 0) is 49.6 Å². The van der Waals surface area contributed by atoms with Gasteiger partial charge in [-0.1, -0.05) is 23.7 Å². The van der Waals surface area contributed by atoms with Gasteiger partial charge in [-0.25, -0.2) is 8.42 Å². The number of nitrogens with zero attached hydrogens (tertiary/aromatic N) is 1. The van der Waals surface area contributed by atoms with E-state index in [1.807, 2.05) is 0 Å². The Morgan fingerprint density at radius 2 is 2.00 bits per heavy atom. The minimum Gasteiger partial charge on any atom is -0.495 e. The first-order chi connectivity index (χ1) is 16.7. The molecular weight excluding hydrogens is 494 g/mol. The fraction of sp³-hybridized carbons (Fsp3) is 0.417. The molecule has 1 aliphatic rings. The molecule has 1 saturated heterocycles. The quantitative estimate of drug-likeness (QED) is 0.466. The number of sulfonamides is 1. The number of rotatable bonds is 11. The van der Waals surface area contributed by atoms with Crippen LogP contribution in [-0.4, -0.2) is 59.4 Å². The second-order valence-electron chi connectivity index (χ2n) is 8.20. The summed E-state index contributed by atoms with van der Waals surface area (Å²) in [5.74, 6) is -0.191. The van der Waals surface area contributed by atoms with Crippen molar-refractivity contribution in [3.05, 3.63) is 53.1 Å². The van der Waals surface area contributed by atoms with E-state index in [4.69, 9.17) is 21.1 Å². The molecule has 0 aliphatic carbocycles. The number of benzene rings is 2. The summed E-state index contributed by atoms with van der Waals surface area (Å²) in [4.78, 5) is 25.2. The number of amides is 2. The van der Waals surface area contributed by atoms with Gasteiger partial charge in [0.2, 0.25) is 15.9 Å². The first-order valence-corrected chi connectivity index (χ1v) is 13.5. The van der Waals surface area contributed by atoms with Gasteiger partial charge < -0.3 is 20.1 Å². The molecule has 2 aromatic carbocycles. The molecule has 11 heteroatoms. The molecule has 3 rings (SSSR count). The van der Waals surface area contributed by atoms with E-state index in [9.17, 15) is 18.0 Å². The fourth-order valence-electron chi connectivity index (χ4n) is 3.79. The van der Waals surface area contributed by atoms with E-state index in [0.717, 1.165) is 19.1 Å². The number of hydrogen-bond acceptors (Lipinski definition) is 6. The van der Waals surface area contributed by atoms with Crippen LogP contribution in [-0.2, 0) is 19.6 Å². The zero-order valence-electron chi connectivity index (χ0n) is 19.8. The zero-order chi connectivity index (χ0) is 25.4. The minimum absolute atomic E-state index is 0.0130. The average molecular weight is 524 g/mol. The monoisotopic (exact) mass is 523 g/mol. The molecule has 0 aromatic heterocycles. The Bertz CT molecular complexity index is 1150. The average Bonchev–Trinajstić information content (AvgIpc) is 3.33. The molecule has 2 N–H and O–H groups in total. The molecule has 1 atom stereocenters. The highest BCUT2D eigenvalue weighted by atomic mass is 35.5. The van der Waals surface area contributed by atoms with Crippen LogP contribution >= 0.6 is 11.6 Å². The summed E-state index contributed by atoms with van der Waals surface area (Å²) in [6.07, 6.45) is 3.31. The predicted octanol–water partition coefficient (Wildman–Crippen LogP) is 3.44. The van der Waals surface area contributed by atoms with Crippen molar-refractivity contribution >= 4 is 44.8 Å². The van der Waals surface area contributed by atoms with Crippen molar-refractivity contribution in [2.45, 2.75) is 31.8 Å². The molecule has 1 fully saturated rings. The number of hydrogen-bond donors (Lipinski definition) is 2. The van der Waals surface area contributed by atoms with Crippen molar-refractivity contribution in [3.63, 3.8) is 0 Å². The number of carbonyl (C=O) groups is 2. The van der Waals surface area contributed by atoms with Crippen LogP contribution in [0.25, 0.3) is 0 Å². The Hall–Kier alpha value is -2.82. The second-order valence-corrected chi connectivity index (χ2v) is 10.5. The summed E-state index contributed by atoms with van der Waals surface area (Å²) in [7, 11) is -2.13. The Balaban J connectivity index is 1.58. The van der Waals surface area contributed by atoms with Crippen molar-refractivity contribution in [2.75, 3.05) is 42.7 Å². The molecule has 0 bridgehead atoms. The van der Waals surface area contributed by atoms with Crippen LogP contribution in [0.5, 0.6) is 5.75 Å². The standard InChI is InChI=1S/C24H30ClN3O6S/c1-33-22-12-11-17(15-20(22)25)28(35(2,31)32)13-5-10-23(29)27-21-9-4-3-8-19(21)24(30)26-16-18-7-6-14-34-18/h3-4,8-9,11-12,15,18H,5-7,10,13-14,16H2,1-2H3,(H,26,30)(H,27,29)/t18-/m0/s1. The second kappa shape index (κ2) is 12.2. The number of carbonyl (C=O) groups excluding carboxylic acids is 2. The van der Waals surface area contributed by atoms with Gasteiger partial charge in [0.15, 0.2) is 0 Å². The molecule has 35 heavy (non-hydrogen) atoms.